The van der Waals surface area contributed by atoms with Gasteiger partial charge in [-0.05, 0) is 42.5 Å². The van der Waals surface area contributed by atoms with Gasteiger partial charge in [-0.25, -0.2) is 0 Å². The van der Waals surface area contributed by atoms with Gasteiger partial charge in [-0.15, -0.1) is 11.8 Å². The van der Waals surface area contributed by atoms with E-state index in [4.69, 9.17) is 0 Å². The topological polar surface area (TPSA) is 40.5 Å². The maximum Gasteiger partial charge on any atom is 0.129 e. The van der Waals surface area contributed by atoms with E-state index in [-0.39, 0.29) is 11.5 Å². The first-order chi connectivity index (χ1) is 9.02. The van der Waals surface area contributed by atoms with Crippen molar-refractivity contribution in [1.82, 2.24) is 0 Å². The molecule has 0 radical (unpaired) electrons. The van der Waals surface area contributed by atoms with Gasteiger partial charge in [0.2, 0.25) is 0 Å². The Labute approximate surface area is 118 Å². The number of benzene rings is 2. The van der Waals surface area contributed by atoms with Crippen LogP contribution in [0.25, 0.3) is 10.8 Å². The van der Waals surface area contributed by atoms with E-state index in [1.165, 1.54) is 11.3 Å². The molecule has 3 heteroatoms. The van der Waals surface area contributed by atoms with Gasteiger partial charge in [-0.1, -0.05) is 20.3 Å². The summed E-state index contributed by atoms with van der Waals surface area (Å²) in [5.41, 5.74) is 0.535. The van der Waals surface area contributed by atoms with Gasteiger partial charge in [0.25, 0.3) is 0 Å². The number of phenolic OH excluding ortho intramolecular Hbond substituents is 2. The van der Waals surface area contributed by atoms with Crippen LogP contribution in [0.1, 0.15) is 25.8 Å². The third kappa shape index (κ3) is 2.98. The quantitative estimate of drug-likeness (QED) is 0.795. The second-order valence-corrected chi connectivity index (χ2v) is 6.17. The molecule has 102 valence electrons. The third-order valence-corrected chi connectivity index (χ3v) is 4.86. The molecule has 2 aromatic rings. The normalized spacial score (nSPS) is 12.8. The molecule has 0 aromatic heterocycles. The monoisotopic (exact) mass is 276 g/mol. The lowest BCUT2D eigenvalue weighted by atomic mass is 10.1. The maximum absolute atomic E-state index is 10.0. The Bertz CT molecular complexity index is 593. The number of aromatic hydroxyl groups is 2. The molecule has 0 spiro atoms. The predicted octanol–water partition coefficient (Wildman–Crippen LogP) is 4.70. The maximum atomic E-state index is 10.0. The van der Waals surface area contributed by atoms with Gasteiger partial charge < -0.3 is 10.2 Å². The van der Waals surface area contributed by atoms with Crippen molar-refractivity contribution in [3.63, 3.8) is 0 Å². The van der Waals surface area contributed by atoms with Gasteiger partial charge in [0.1, 0.15) is 11.5 Å². The van der Waals surface area contributed by atoms with Gasteiger partial charge >= 0.3 is 0 Å². The number of phenols is 2. The summed E-state index contributed by atoms with van der Waals surface area (Å²) < 4.78 is 0. The van der Waals surface area contributed by atoms with Crippen LogP contribution in [0.5, 0.6) is 11.5 Å². The van der Waals surface area contributed by atoms with Crippen LogP contribution in [-0.4, -0.2) is 16.0 Å². The summed E-state index contributed by atoms with van der Waals surface area (Å²) in [5.74, 6) is 2.11. The minimum atomic E-state index is 0.147. The van der Waals surface area contributed by atoms with Crippen LogP contribution < -0.4 is 0 Å². The second-order valence-electron chi connectivity index (χ2n) is 5.08. The molecular weight excluding hydrogens is 256 g/mol. The van der Waals surface area contributed by atoms with Gasteiger partial charge in [0.05, 0.1) is 0 Å². The average molecular weight is 276 g/mol. The van der Waals surface area contributed by atoms with Gasteiger partial charge in [0.15, 0.2) is 0 Å². The Hall–Kier alpha value is -1.35. The highest BCUT2D eigenvalue weighted by Gasteiger charge is 2.09. The summed E-state index contributed by atoms with van der Waals surface area (Å²) in [7, 11) is 0. The molecule has 2 N–H and O–H groups in total. The zero-order valence-electron chi connectivity index (χ0n) is 11.6. The van der Waals surface area contributed by atoms with Crippen molar-refractivity contribution in [2.24, 2.45) is 5.92 Å². The highest BCUT2D eigenvalue weighted by atomic mass is 32.2. The Morgan fingerprint density at radius 3 is 2.63 bits per heavy atom. The van der Waals surface area contributed by atoms with Gasteiger partial charge in [-0.2, -0.15) is 0 Å². The molecule has 2 aromatic carbocycles. The number of hydrogen-bond acceptors (Lipinski definition) is 3. The van der Waals surface area contributed by atoms with Crippen LogP contribution in [0.4, 0.5) is 0 Å². The van der Waals surface area contributed by atoms with Crippen LogP contribution >= 0.6 is 11.8 Å². The third-order valence-electron chi connectivity index (χ3n) is 3.54. The van der Waals surface area contributed by atoms with E-state index in [1.807, 2.05) is 30.0 Å². The standard InChI is InChI=1S/C16H20O2S/c1-4-10(2)9-19-13-5-6-14-12(7-13)8-15(17)11(3)16(14)18/h5-8,10,17-18H,4,9H2,1-3H3. The van der Waals surface area contributed by atoms with E-state index in [0.29, 0.717) is 11.5 Å². The zero-order chi connectivity index (χ0) is 14.0. The Kier molecular flexibility index (Phi) is 4.25. The summed E-state index contributed by atoms with van der Waals surface area (Å²) in [6, 6.07) is 7.71. The fraction of sp³-hybridized carbons (Fsp3) is 0.375. The molecule has 1 unspecified atom stereocenters. The summed E-state index contributed by atoms with van der Waals surface area (Å²) in [6.45, 7) is 6.16. The van der Waals surface area contributed by atoms with Crippen molar-refractivity contribution in [3.05, 3.63) is 29.8 Å². The van der Waals surface area contributed by atoms with Crippen molar-refractivity contribution < 1.29 is 10.2 Å². The molecule has 0 amide bonds. The molecule has 0 aliphatic carbocycles. The molecular formula is C16H20O2S. The predicted molar refractivity (Wildman–Crippen MR) is 82.2 cm³/mol. The van der Waals surface area contributed by atoms with E-state index in [0.717, 1.165) is 16.5 Å². The van der Waals surface area contributed by atoms with E-state index >= 15 is 0 Å². The number of thioether (sulfide) groups is 1. The Morgan fingerprint density at radius 2 is 1.95 bits per heavy atom. The first-order valence-electron chi connectivity index (χ1n) is 6.61. The average Bonchev–Trinajstić information content (AvgIpc) is 2.42. The van der Waals surface area contributed by atoms with Gasteiger partial charge in [-0.3, -0.25) is 0 Å². The lowest BCUT2D eigenvalue weighted by Gasteiger charge is -2.10. The number of hydrogen-bond donors (Lipinski definition) is 2. The molecule has 1 atom stereocenters. The molecule has 19 heavy (non-hydrogen) atoms. The van der Waals surface area contributed by atoms with Crippen molar-refractivity contribution in [2.75, 3.05) is 5.75 Å². The van der Waals surface area contributed by atoms with E-state index < -0.39 is 0 Å². The van der Waals surface area contributed by atoms with Crippen molar-refractivity contribution in [3.8, 4) is 11.5 Å². The van der Waals surface area contributed by atoms with Crippen LogP contribution in [0.15, 0.2) is 29.2 Å². The SMILES string of the molecule is CCC(C)CSc1ccc2c(O)c(C)c(O)cc2c1. The van der Waals surface area contributed by atoms with E-state index in [2.05, 4.69) is 13.8 Å². The summed E-state index contributed by atoms with van der Waals surface area (Å²) in [4.78, 5) is 1.18. The molecule has 0 saturated carbocycles. The molecule has 0 aliphatic rings. The Balaban J connectivity index is 2.33. The van der Waals surface area contributed by atoms with Crippen LogP contribution in [0, 0.1) is 12.8 Å². The molecule has 0 heterocycles. The summed E-state index contributed by atoms with van der Waals surface area (Å²) >= 11 is 1.82. The lowest BCUT2D eigenvalue weighted by Crippen LogP contribution is -1.94. The highest BCUT2D eigenvalue weighted by Crippen LogP contribution is 2.36. The van der Waals surface area contributed by atoms with Crippen molar-refractivity contribution in [1.29, 1.82) is 0 Å². The summed E-state index contributed by atoms with van der Waals surface area (Å²) in [5, 5.41) is 21.5. The largest absolute Gasteiger partial charge is 0.508 e. The molecule has 0 aliphatic heterocycles. The second kappa shape index (κ2) is 5.74. The minimum Gasteiger partial charge on any atom is -0.508 e. The molecule has 0 saturated heterocycles. The van der Waals surface area contributed by atoms with E-state index in [1.54, 1.807) is 13.0 Å². The van der Waals surface area contributed by atoms with Crippen LogP contribution in [0.2, 0.25) is 0 Å². The summed E-state index contributed by atoms with van der Waals surface area (Å²) in [6.07, 6.45) is 1.18. The smallest absolute Gasteiger partial charge is 0.129 e. The van der Waals surface area contributed by atoms with Crippen LogP contribution in [0.3, 0.4) is 0 Å². The minimum absolute atomic E-state index is 0.147. The number of fused-ring (bicyclic) bond motifs is 1. The fourth-order valence-electron chi connectivity index (χ4n) is 1.90. The van der Waals surface area contributed by atoms with Gasteiger partial charge in [0, 0.05) is 21.6 Å². The lowest BCUT2D eigenvalue weighted by molar-refractivity contribution is 0.448. The van der Waals surface area contributed by atoms with Crippen molar-refractivity contribution in [2.45, 2.75) is 32.1 Å². The van der Waals surface area contributed by atoms with Crippen LogP contribution in [-0.2, 0) is 0 Å². The highest BCUT2D eigenvalue weighted by molar-refractivity contribution is 7.99. The van der Waals surface area contributed by atoms with E-state index in [9.17, 15) is 10.2 Å². The first-order valence-corrected chi connectivity index (χ1v) is 7.59. The number of rotatable bonds is 4. The molecule has 0 fully saturated rings. The zero-order valence-corrected chi connectivity index (χ0v) is 12.4. The molecule has 2 nitrogen and oxygen atoms in total. The molecule has 2 rings (SSSR count). The first kappa shape index (κ1) is 14.1. The molecule has 0 bridgehead atoms. The Morgan fingerprint density at radius 1 is 1.21 bits per heavy atom. The van der Waals surface area contributed by atoms with Crippen molar-refractivity contribution >= 4 is 22.5 Å². The fourth-order valence-corrected chi connectivity index (χ4v) is 2.99.